The standard InChI is InChI=1S/C21H22F3N3O4/c1-20(2,3)31-19(30)27-10-12-6-4-5-7-13(12)15(11-27)25-17(28)14-8-9-16(21(22,23)24)26-18(14)29/h4-9,15H,10-11H2,1-3H3,(H,25,28)(H,26,29). The SMILES string of the molecule is CC(C)(C)OC(=O)N1Cc2ccccc2C(NC(=O)c2ccc(C(F)(F)F)[nH]c2=O)C1. The zero-order chi connectivity index (χ0) is 23.0. The summed E-state index contributed by atoms with van der Waals surface area (Å²) in [5, 5.41) is 2.65. The maximum absolute atomic E-state index is 12.8. The van der Waals surface area contributed by atoms with Crippen LogP contribution in [0.1, 0.15) is 54.0 Å². The Morgan fingerprint density at radius 3 is 2.42 bits per heavy atom. The molecule has 0 saturated carbocycles. The first-order chi connectivity index (χ1) is 14.3. The highest BCUT2D eigenvalue weighted by atomic mass is 19.4. The predicted molar refractivity (Wildman–Crippen MR) is 105 cm³/mol. The van der Waals surface area contributed by atoms with Gasteiger partial charge in [0.1, 0.15) is 16.9 Å². The number of amides is 2. The number of hydrogen-bond acceptors (Lipinski definition) is 4. The molecule has 0 radical (unpaired) electrons. The van der Waals surface area contributed by atoms with E-state index in [0.29, 0.717) is 6.07 Å². The summed E-state index contributed by atoms with van der Waals surface area (Å²) in [6, 6.07) is 7.93. The zero-order valence-corrected chi connectivity index (χ0v) is 17.2. The molecule has 0 bridgehead atoms. The number of carbonyl (C=O) groups excluding carboxylic acids is 2. The van der Waals surface area contributed by atoms with E-state index in [0.717, 1.165) is 17.2 Å². The molecule has 7 nitrogen and oxygen atoms in total. The Balaban J connectivity index is 1.85. The Morgan fingerprint density at radius 2 is 1.81 bits per heavy atom. The Morgan fingerprint density at radius 1 is 1.13 bits per heavy atom. The van der Waals surface area contributed by atoms with Gasteiger partial charge in [0.05, 0.1) is 6.04 Å². The second-order valence-corrected chi connectivity index (χ2v) is 8.20. The molecule has 0 spiro atoms. The summed E-state index contributed by atoms with van der Waals surface area (Å²) in [6.45, 7) is 5.56. The van der Waals surface area contributed by atoms with Crippen molar-refractivity contribution < 1.29 is 27.5 Å². The number of nitrogens with one attached hydrogen (secondary N) is 2. The topological polar surface area (TPSA) is 91.5 Å². The Hall–Kier alpha value is -3.30. The zero-order valence-electron chi connectivity index (χ0n) is 17.2. The highest BCUT2D eigenvalue weighted by Crippen LogP contribution is 2.29. The van der Waals surface area contributed by atoms with Gasteiger partial charge in [-0.05, 0) is 44.0 Å². The van der Waals surface area contributed by atoms with Gasteiger partial charge in [-0.25, -0.2) is 4.79 Å². The number of halogens is 3. The monoisotopic (exact) mass is 437 g/mol. The fourth-order valence-electron chi connectivity index (χ4n) is 3.25. The largest absolute Gasteiger partial charge is 0.444 e. The van der Waals surface area contributed by atoms with E-state index in [9.17, 15) is 27.6 Å². The molecule has 0 aliphatic carbocycles. The Labute approximate surface area is 176 Å². The number of fused-ring (bicyclic) bond motifs is 1. The van der Waals surface area contributed by atoms with Gasteiger partial charge in [-0.15, -0.1) is 0 Å². The van der Waals surface area contributed by atoms with E-state index in [1.54, 1.807) is 50.0 Å². The van der Waals surface area contributed by atoms with Crippen molar-refractivity contribution in [1.82, 2.24) is 15.2 Å². The molecule has 0 saturated heterocycles. The molecule has 3 rings (SSSR count). The molecular weight excluding hydrogens is 415 g/mol. The fraction of sp³-hybridized carbons (Fsp3) is 0.381. The van der Waals surface area contributed by atoms with Crippen LogP contribution in [-0.4, -0.2) is 34.0 Å². The van der Waals surface area contributed by atoms with Gasteiger partial charge in [0, 0.05) is 13.1 Å². The van der Waals surface area contributed by atoms with Gasteiger partial charge in [0.2, 0.25) is 0 Å². The molecule has 2 aromatic rings. The molecular formula is C21H22F3N3O4. The van der Waals surface area contributed by atoms with E-state index in [1.807, 2.05) is 0 Å². The van der Waals surface area contributed by atoms with Crippen LogP contribution in [0.4, 0.5) is 18.0 Å². The van der Waals surface area contributed by atoms with Gasteiger partial charge in [0.15, 0.2) is 0 Å². The van der Waals surface area contributed by atoms with Crippen molar-refractivity contribution in [3.63, 3.8) is 0 Å². The van der Waals surface area contributed by atoms with Crippen molar-refractivity contribution >= 4 is 12.0 Å². The summed E-state index contributed by atoms with van der Waals surface area (Å²) in [4.78, 5) is 40.4. The number of hydrogen-bond donors (Lipinski definition) is 2. The van der Waals surface area contributed by atoms with E-state index in [1.165, 1.54) is 4.90 Å². The molecule has 0 fully saturated rings. The van der Waals surface area contributed by atoms with Crippen molar-refractivity contribution in [2.75, 3.05) is 6.54 Å². The van der Waals surface area contributed by atoms with Crippen LogP contribution >= 0.6 is 0 Å². The molecule has 31 heavy (non-hydrogen) atoms. The minimum absolute atomic E-state index is 0.0796. The maximum atomic E-state index is 12.8. The van der Waals surface area contributed by atoms with Crippen LogP contribution in [-0.2, 0) is 17.5 Å². The number of alkyl halides is 3. The van der Waals surface area contributed by atoms with E-state index >= 15 is 0 Å². The lowest BCUT2D eigenvalue weighted by Crippen LogP contribution is -2.46. The number of carbonyl (C=O) groups is 2. The van der Waals surface area contributed by atoms with Gasteiger partial charge in [0.25, 0.3) is 11.5 Å². The average molecular weight is 437 g/mol. The average Bonchev–Trinajstić information content (AvgIpc) is 2.65. The van der Waals surface area contributed by atoms with E-state index < -0.39 is 46.6 Å². The molecule has 2 heterocycles. The summed E-state index contributed by atoms with van der Waals surface area (Å²) in [5.41, 5.74) is -2.03. The van der Waals surface area contributed by atoms with Crippen molar-refractivity contribution in [2.24, 2.45) is 0 Å². The first kappa shape index (κ1) is 22.4. The second kappa shape index (κ2) is 8.09. The minimum Gasteiger partial charge on any atom is -0.444 e. The van der Waals surface area contributed by atoms with E-state index in [4.69, 9.17) is 4.74 Å². The van der Waals surface area contributed by atoms with Crippen molar-refractivity contribution in [2.45, 2.75) is 45.1 Å². The number of ether oxygens (including phenoxy) is 1. The number of H-pyrrole nitrogens is 1. The smallest absolute Gasteiger partial charge is 0.431 e. The first-order valence-corrected chi connectivity index (χ1v) is 9.52. The van der Waals surface area contributed by atoms with Gasteiger partial charge < -0.3 is 19.9 Å². The summed E-state index contributed by atoms with van der Waals surface area (Å²) in [7, 11) is 0. The summed E-state index contributed by atoms with van der Waals surface area (Å²) in [5.74, 6) is -0.846. The first-order valence-electron chi connectivity index (χ1n) is 9.52. The fourth-order valence-corrected chi connectivity index (χ4v) is 3.25. The molecule has 1 aliphatic heterocycles. The van der Waals surface area contributed by atoms with Gasteiger partial charge >= 0.3 is 12.3 Å². The summed E-state index contributed by atoms with van der Waals surface area (Å²) >= 11 is 0. The highest BCUT2D eigenvalue weighted by Gasteiger charge is 2.34. The second-order valence-electron chi connectivity index (χ2n) is 8.20. The van der Waals surface area contributed by atoms with Crippen LogP contribution < -0.4 is 10.9 Å². The van der Waals surface area contributed by atoms with E-state index in [2.05, 4.69) is 5.32 Å². The van der Waals surface area contributed by atoms with Crippen molar-refractivity contribution in [3.8, 4) is 0 Å². The lowest BCUT2D eigenvalue weighted by Gasteiger charge is -2.36. The minimum atomic E-state index is -4.73. The molecule has 10 heteroatoms. The Bertz CT molecular complexity index is 1060. The number of aromatic nitrogens is 1. The molecule has 166 valence electrons. The number of nitrogens with zero attached hydrogens (tertiary/aromatic N) is 1. The van der Waals surface area contributed by atoms with Crippen molar-refractivity contribution in [3.05, 3.63) is 69.1 Å². The normalized spacial score (nSPS) is 16.5. The predicted octanol–water partition coefficient (Wildman–Crippen LogP) is 3.62. The number of pyridine rings is 1. The van der Waals surface area contributed by atoms with Crippen LogP contribution in [0.3, 0.4) is 0 Å². The van der Waals surface area contributed by atoms with Gasteiger partial charge in [-0.1, -0.05) is 24.3 Å². The summed E-state index contributed by atoms with van der Waals surface area (Å²) < 4.78 is 43.7. The third-order valence-electron chi connectivity index (χ3n) is 4.61. The highest BCUT2D eigenvalue weighted by molar-refractivity contribution is 5.94. The lowest BCUT2D eigenvalue weighted by atomic mass is 9.95. The molecule has 1 atom stereocenters. The molecule has 1 unspecified atom stereocenters. The quantitative estimate of drug-likeness (QED) is 0.751. The Kier molecular flexibility index (Phi) is 5.84. The molecule has 1 aliphatic rings. The van der Waals surface area contributed by atoms with Crippen LogP contribution in [0.5, 0.6) is 0 Å². The third kappa shape index (κ3) is 5.25. The lowest BCUT2D eigenvalue weighted by molar-refractivity contribution is -0.141. The number of rotatable bonds is 2. The summed E-state index contributed by atoms with van der Waals surface area (Å²) in [6.07, 6.45) is -5.29. The van der Waals surface area contributed by atoms with Crippen LogP contribution in [0.25, 0.3) is 0 Å². The molecule has 1 aromatic heterocycles. The van der Waals surface area contributed by atoms with Crippen LogP contribution in [0.2, 0.25) is 0 Å². The van der Waals surface area contributed by atoms with Gasteiger partial charge in [-0.3, -0.25) is 9.59 Å². The third-order valence-corrected chi connectivity index (χ3v) is 4.61. The molecule has 2 amide bonds. The van der Waals surface area contributed by atoms with E-state index in [-0.39, 0.29) is 13.1 Å². The van der Waals surface area contributed by atoms with Gasteiger partial charge in [-0.2, -0.15) is 13.2 Å². The maximum Gasteiger partial charge on any atom is 0.431 e. The van der Waals surface area contributed by atoms with Crippen LogP contribution in [0, 0.1) is 0 Å². The number of benzene rings is 1. The van der Waals surface area contributed by atoms with Crippen LogP contribution in [0.15, 0.2) is 41.2 Å². The van der Waals surface area contributed by atoms with Crippen molar-refractivity contribution in [1.29, 1.82) is 0 Å². The molecule has 2 N–H and O–H groups in total. The molecule has 1 aromatic carbocycles. The number of aromatic amines is 1.